The van der Waals surface area contributed by atoms with Crippen molar-refractivity contribution >= 4 is 23.3 Å². The number of aliphatic hydroxyl groups excluding tert-OH is 1. The lowest BCUT2D eigenvalue weighted by atomic mass is 10.2. The Balaban J connectivity index is 2.08. The fraction of sp³-hybridized carbons (Fsp3) is 0.364. The van der Waals surface area contributed by atoms with Crippen molar-refractivity contribution in [2.24, 2.45) is 0 Å². The molecule has 0 aliphatic heterocycles. The van der Waals surface area contributed by atoms with Crippen LogP contribution in [-0.4, -0.2) is 19.4 Å². The summed E-state index contributed by atoms with van der Waals surface area (Å²) in [6, 6.07) is 3.77. The van der Waals surface area contributed by atoms with Gasteiger partial charge in [0, 0.05) is 12.6 Å². The second kappa shape index (κ2) is 5.57. The van der Waals surface area contributed by atoms with E-state index in [1.165, 1.54) is 23.3 Å². The molecule has 2 aromatic rings. The minimum atomic E-state index is -0.477. The number of aliphatic hydroxyl groups is 1. The van der Waals surface area contributed by atoms with E-state index >= 15 is 0 Å². The highest BCUT2D eigenvalue weighted by atomic mass is 32.2. The van der Waals surface area contributed by atoms with Crippen LogP contribution in [0, 0.1) is 0 Å². The van der Waals surface area contributed by atoms with Crippen LogP contribution in [0.1, 0.15) is 31.3 Å². The Morgan fingerprint density at radius 2 is 2.29 bits per heavy atom. The maximum atomic E-state index is 9.37. The van der Waals surface area contributed by atoms with E-state index in [2.05, 4.69) is 14.3 Å². The van der Waals surface area contributed by atoms with Gasteiger partial charge in [0.25, 0.3) is 0 Å². The molecule has 0 amide bonds. The molecular formula is C11H13N3OS2. The van der Waals surface area contributed by atoms with Crippen molar-refractivity contribution in [2.45, 2.75) is 35.7 Å². The lowest BCUT2D eigenvalue weighted by molar-refractivity contribution is 0.198. The number of nitrogens with zero attached hydrogens (tertiary/aromatic N) is 3. The van der Waals surface area contributed by atoms with Crippen LogP contribution in [0.3, 0.4) is 0 Å². The number of aryl methyl sites for hydroxylation is 1. The normalized spacial score (nSPS) is 12.6. The van der Waals surface area contributed by atoms with Gasteiger partial charge in [0.15, 0.2) is 4.34 Å². The Bertz CT molecular complexity index is 482. The number of hydrogen-bond donors (Lipinski definition) is 1. The fourth-order valence-corrected chi connectivity index (χ4v) is 2.80. The van der Waals surface area contributed by atoms with Gasteiger partial charge < -0.3 is 5.11 Å². The first-order valence-electron chi connectivity index (χ1n) is 5.33. The third-order valence-corrected chi connectivity index (χ3v) is 3.94. The van der Waals surface area contributed by atoms with Crippen LogP contribution in [-0.2, 0) is 6.42 Å². The SMILES string of the molecule is CCc1nsc(Sc2ccc([C@@H](C)O)cn2)n1. The van der Waals surface area contributed by atoms with E-state index in [1.54, 1.807) is 13.1 Å². The highest BCUT2D eigenvalue weighted by Gasteiger charge is 2.06. The second-order valence-electron chi connectivity index (χ2n) is 3.54. The van der Waals surface area contributed by atoms with Crippen LogP contribution in [0.15, 0.2) is 27.7 Å². The zero-order chi connectivity index (χ0) is 12.3. The third-order valence-electron chi connectivity index (χ3n) is 2.20. The Morgan fingerprint density at radius 3 is 2.82 bits per heavy atom. The molecule has 4 nitrogen and oxygen atoms in total. The Labute approximate surface area is 108 Å². The zero-order valence-corrected chi connectivity index (χ0v) is 11.3. The van der Waals surface area contributed by atoms with Crippen LogP contribution in [0.5, 0.6) is 0 Å². The summed E-state index contributed by atoms with van der Waals surface area (Å²) in [4.78, 5) is 8.63. The Hall–Kier alpha value is -0.980. The molecule has 0 fully saturated rings. The predicted molar refractivity (Wildman–Crippen MR) is 68.3 cm³/mol. The van der Waals surface area contributed by atoms with E-state index in [-0.39, 0.29) is 0 Å². The molecule has 1 N–H and O–H groups in total. The number of pyridine rings is 1. The largest absolute Gasteiger partial charge is 0.389 e. The van der Waals surface area contributed by atoms with Crippen molar-refractivity contribution in [1.82, 2.24) is 14.3 Å². The molecule has 0 saturated carbocycles. The Morgan fingerprint density at radius 1 is 1.47 bits per heavy atom. The van der Waals surface area contributed by atoms with Gasteiger partial charge in [-0.3, -0.25) is 0 Å². The van der Waals surface area contributed by atoms with Gasteiger partial charge in [-0.15, -0.1) is 0 Å². The van der Waals surface area contributed by atoms with Crippen LogP contribution >= 0.6 is 23.3 Å². The van der Waals surface area contributed by atoms with Gasteiger partial charge >= 0.3 is 0 Å². The van der Waals surface area contributed by atoms with E-state index in [1.807, 2.05) is 19.1 Å². The summed E-state index contributed by atoms with van der Waals surface area (Å²) in [6.45, 7) is 3.76. The molecule has 0 radical (unpaired) electrons. The number of aromatic nitrogens is 3. The first-order chi connectivity index (χ1) is 8.19. The molecule has 0 bridgehead atoms. The van der Waals surface area contributed by atoms with Crippen molar-refractivity contribution in [2.75, 3.05) is 0 Å². The number of hydrogen-bond acceptors (Lipinski definition) is 6. The Kier molecular flexibility index (Phi) is 4.09. The van der Waals surface area contributed by atoms with E-state index < -0.39 is 6.10 Å². The van der Waals surface area contributed by atoms with Crippen LogP contribution in [0.2, 0.25) is 0 Å². The van der Waals surface area contributed by atoms with Crippen LogP contribution in [0.25, 0.3) is 0 Å². The summed E-state index contributed by atoms with van der Waals surface area (Å²) in [6.07, 6.45) is 2.06. The predicted octanol–water partition coefficient (Wildman–Crippen LogP) is 2.70. The molecule has 0 unspecified atom stereocenters. The highest BCUT2D eigenvalue weighted by molar-refractivity contribution is 8.00. The van der Waals surface area contributed by atoms with Gasteiger partial charge in [-0.2, -0.15) is 4.37 Å². The summed E-state index contributed by atoms with van der Waals surface area (Å²) in [5, 5.41) is 10.2. The second-order valence-corrected chi connectivity index (χ2v) is 5.56. The van der Waals surface area contributed by atoms with E-state index in [9.17, 15) is 5.11 Å². The topological polar surface area (TPSA) is 58.9 Å². The summed E-state index contributed by atoms with van der Waals surface area (Å²) in [7, 11) is 0. The molecule has 2 aromatic heterocycles. The van der Waals surface area contributed by atoms with Gasteiger partial charge in [-0.25, -0.2) is 9.97 Å². The van der Waals surface area contributed by atoms with Crippen molar-refractivity contribution < 1.29 is 5.11 Å². The molecule has 0 spiro atoms. The third kappa shape index (κ3) is 3.24. The van der Waals surface area contributed by atoms with Crippen molar-refractivity contribution in [3.05, 3.63) is 29.7 Å². The lowest BCUT2D eigenvalue weighted by Crippen LogP contribution is -1.92. The van der Waals surface area contributed by atoms with Gasteiger partial charge in [-0.05, 0) is 41.8 Å². The summed E-state index contributed by atoms with van der Waals surface area (Å²) >= 11 is 2.89. The summed E-state index contributed by atoms with van der Waals surface area (Å²) in [5.41, 5.74) is 0.820. The fourth-order valence-electron chi connectivity index (χ4n) is 1.21. The molecule has 6 heteroatoms. The first-order valence-corrected chi connectivity index (χ1v) is 6.92. The standard InChI is InChI=1S/C11H13N3OS2/c1-3-9-13-11(17-14-9)16-10-5-4-8(6-12-10)7(2)15/h4-7,15H,3H2,1-2H3/t7-/m1/s1. The molecule has 90 valence electrons. The first kappa shape index (κ1) is 12.5. The molecule has 0 saturated heterocycles. The molecular weight excluding hydrogens is 254 g/mol. The van der Waals surface area contributed by atoms with Crippen molar-refractivity contribution in [3.8, 4) is 0 Å². The summed E-state index contributed by atoms with van der Waals surface area (Å²) < 4.78 is 5.12. The van der Waals surface area contributed by atoms with Crippen LogP contribution < -0.4 is 0 Å². The molecule has 2 heterocycles. The molecule has 2 rings (SSSR count). The highest BCUT2D eigenvalue weighted by Crippen LogP contribution is 2.27. The van der Waals surface area contributed by atoms with Gasteiger partial charge in [0.2, 0.25) is 0 Å². The molecule has 0 aliphatic carbocycles. The van der Waals surface area contributed by atoms with Gasteiger partial charge in [-0.1, -0.05) is 13.0 Å². The van der Waals surface area contributed by atoms with Crippen molar-refractivity contribution in [1.29, 1.82) is 0 Å². The average Bonchev–Trinajstić information content (AvgIpc) is 2.77. The summed E-state index contributed by atoms with van der Waals surface area (Å²) in [5.74, 6) is 0.873. The lowest BCUT2D eigenvalue weighted by Gasteiger charge is -2.03. The van der Waals surface area contributed by atoms with E-state index in [0.29, 0.717) is 0 Å². The molecule has 0 aromatic carbocycles. The van der Waals surface area contributed by atoms with Gasteiger partial charge in [0.05, 0.1) is 6.10 Å². The molecule has 0 aliphatic rings. The quantitative estimate of drug-likeness (QED) is 0.923. The average molecular weight is 267 g/mol. The van der Waals surface area contributed by atoms with Crippen LogP contribution in [0.4, 0.5) is 0 Å². The maximum absolute atomic E-state index is 9.37. The minimum Gasteiger partial charge on any atom is -0.389 e. The smallest absolute Gasteiger partial charge is 0.176 e. The maximum Gasteiger partial charge on any atom is 0.176 e. The van der Waals surface area contributed by atoms with E-state index in [0.717, 1.165) is 27.2 Å². The molecule has 1 atom stereocenters. The zero-order valence-electron chi connectivity index (χ0n) is 9.62. The number of rotatable bonds is 4. The van der Waals surface area contributed by atoms with Crippen molar-refractivity contribution in [3.63, 3.8) is 0 Å². The minimum absolute atomic E-state index is 0.477. The monoisotopic (exact) mass is 267 g/mol. The molecule has 17 heavy (non-hydrogen) atoms. The van der Waals surface area contributed by atoms with Gasteiger partial charge in [0.1, 0.15) is 10.9 Å². The van der Waals surface area contributed by atoms with E-state index in [4.69, 9.17) is 0 Å².